The maximum atomic E-state index is 11.0. The highest BCUT2D eigenvalue weighted by Crippen LogP contribution is 2.27. The Morgan fingerprint density at radius 1 is 1.18 bits per heavy atom. The molecule has 0 aromatic carbocycles. The van der Waals surface area contributed by atoms with Gasteiger partial charge in [-0.15, -0.1) is 0 Å². The van der Waals surface area contributed by atoms with Gasteiger partial charge in [-0.05, 0) is 26.2 Å². The molecule has 0 saturated heterocycles. The first-order chi connectivity index (χ1) is 7.92. The lowest BCUT2D eigenvalue weighted by molar-refractivity contribution is -0.154. The van der Waals surface area contributed by atoms with E-state index in [0.29, 0.717) is 0 Å². The van der Waals surface area contributed by atoms with E-state index in [4.69, 9.17) is 10.2 Å². The average Bonchev–Trinajstić information content (AvgIpc) is 2.22. The highest BCUT2D eigenvalue weighted by Gasteiger charge is 2.34. The number of carboxylic acids is 2. The molecule has 98 valence electrons. The molecule has 0 radical (unpaired) electrons. The smallest absolute Gasteiger partial charge is 0.310 e. The number of rotatable bonds is 9. The van der Waals surface area contributed by atoms with Gasteiger partial charge in [0.05, 0.1) is 11.8 Å². The molecule has 1 unspecified atom stereocenters. The van der Waals surface area contributed by atoms with E-state index in [1.165, 1.54) is 6.92 Å². The van der Waals surface area contributed by atoms with Crippen LogP contribution in [0.3, 0.4) is 0 Å². The topological polar surface area (TPSA) is 74.6 Å². The van der Waals surface area contributed by atoms with Gasteiger partial charge in [0.15, 0.2) is 0 Å². The van der Waals surface area contributed by atoms with Gasteiger partial charge >= 0.3 is 11.9 Å². The van der Waals surface area contributed by atoms with Gasteiger partial charge in [-0.3, -0.25) is 9.59 Å². The van der Waals surface area contributed by atoms with Crippen molar-refractivity contribution in [1.82, 2.24) is 0 Å². The molecule has 0 aliphatic rings. The zero-order valence-electron chi connectivity index (χ0n) is 10.6. The fourth-order valence-electron chi connectivity index (χ4n) is 1.54. The number of aliphatic carboxylic acids is 2. The minimum atomic E-state index is -1.20. The van der Waals surface area contributed by atoms with E-state index in [0.717, 1.165) is 25.7 Å². The van der Waals surface area contributed by atoms with Crippen LogP contribution in [0.5, 0.6) is 0 Å². The first kappa shape index (κ1) is 15.7. The monoisotopic (exact) mass is 242 g/mol. The average molecular weight is 242 g/mol. The first-order valence-electron chi connectivity index (χ1n) is 6.02. The van der Waals surface area contributed by atoms with Crippen molar-refractivity contribution in [2.45, 2.75) is 52.4 Å². The van der Waals surface area contributed by atoms with Crippen molar-refractivity contribution in [3.8, 4) is 0 Å². The van der Waals surface area contributed by atoms with E-state index in [1.54, 1.807) is 6.08 Å². The third kappa shape index (κ3) is 6.76. The minimum Gasteiger partial charge on any atom is -0.481 e. The van der Waals surface area contributed by atoms with Crippen molar-refractivity contribution in [2.24, 2.45) is 5.41 Å². The number of carboxylic acid groups (broad SMARTS) is 2. The van der Waals surface area contributed by atoms with E-state index in [1.807, 2.05) is 6.08 Å². The summed E-state index contributed by atoms with van der Waals surface area (Å²) in [4.78, 5) is 21.6. The lowest BCUT2D eigenvalue weighted by Gasteiger charge is -2.20. The number of hydrogen-bond acceptors (Lipinski definition) is 2. The van der Waals surface area contributed by atoms with E-state index in [9.17, 15) is 9.59 Å². The standard InChI is InChI=1S/C13H22O4/c1-3-4-5-6-7-8-9-13(2,12(16)17)10-11(14)15/h7-8H,3-6,9-10H2,1-2H3,(H,14,15)(H,16,17). The van der Waals surface area contributed by atoms with Crippen LogP contribution in [0, 0.1) is 5.41 Å². The summed E-state index contributed by atoms with van der Waals surface area (Å²) in [6.07, 6.45) is 7.98. The van der Waals surface area contributed by atoms with Crippen LogP contribution < -0.4 is 0 Å². The zero-order chi connectivity index (χ0) is 13.3. The van der Waals surface area contributed by atoms with Gasteiger partial charge in [-0.2, -0.15) is 0 Å². The Morgan fingerprint density at radius 2 is 1.82 bits per heavy atom. The molecule has 2 N–H and O–H groups in total. The van der Waals surface area contributed by atoms with Crippen molar-refractivity contribution in [1.29, 1.82) is 0 Å². The summed E-state index contributed by atoms with van der Waals surface area (Å²) in [5.41, 5.74) is -1.20. The molecule has 0 rings (SSSR count). The third-order valence-corrected chi connectivity index (χ3v) is 2.77. The number of hydrogen-bond donors (Lipinski definition) is 2. The third-order valence-electron chi connectivity index (χ3n) is 2.77. The molecule has 0 aliphatic heterocycles. The molecule has 0 bridgehead atoms. The van der Waals surface area contributed by atoms with Crippen LogP contribution in [0.1, 0.15) is 52.4 Å². The van der Waals surface area contributed by atoms with Crippen LogP contribution in [0.25, 0.3) is 0 Å². The predicted molar refractivity (Wildman–Crippen MR) is 65.9 cm³/mol. The summed E-state index contributed by atoms with van der Waals surface area (Å²) < 4.78 is 0. The molecule has 0 aromatic heterocycles. The molecular formula is C13H22O4. The van der Waals surface area contributed by atoms with Gasteiger partial charge in [-0.25, -0.2) is 0 Å². The zero-order valence-corrected chi connectivity index (χ0v) is 10.6. The van der Waals surface area contributed by atoms with Crippen molar-refractivity contribution in [2.75, 3.05) is 0 Å². The molecule has 0 spiro atoms. The normalized spacial score (nSPS) is 14.7. The second-order valence-corrected chi connectivity index (χ2v) is 4.61. The number of allylic oxidation sites excluding steroid dienone is 2. The Hall–Kier alpha value is -1.32. The fraction of sp³-hybridized carbons (Fsp3) is 0.692. The second-order valence-electron chi connectivity index (χ2n) is 4.61. The maximum absolute atomic E-state index is 11.0. The lowest BCUT2D eigenvalue weighted by atomic mass is 9.83. The first-order valence-corrected chi connectivity index (χ1v) is 6.02. The SMILES string of the molecule is CCCCCC=CCC(C)(CC(=O)O)C(=O)O. The molecule has 0 fully saturated rings. The Bertz CT molecular complexity index is 283. The minimum absolute atomic E-state index is 0.265. The van der Waals surface area contributed by atoms with Crippen LogP contribution in [0.2, 0.25) is 0 Å². The highest BCUT2D eigenvalue weighted by molar-refractivity contribution is 5.81. The highest BCUT2D eigenvalue weighted by atomic mass is 16.4. The molecule has 4 heteroatoms. The number of unbranched alkanes of at least 4 members (excludes halogenated alkanes) is 3. The van der Waals surface area contributed by atoms with Crippen molar-refractivity contribution in [3.63, 3.8) is 0 Å². The quantitative estimate of drug-likeness (QED) is 0.481. The summed E-state index contributed by atoms with van der Waals surface area (Å²) in [7, 11) is 0. The van der Waals surface area contributed by atoms with E-state index in [2.05, 4.69) is 6.92 Å². The van der Waals surface area contributed by atoms with Crippen molar-refractivity contribution in [3.05, 3.63) is 12.2 Å². The molecule has 0 amide bonds. The summed E-state index contributed by atoms with van der Waals surface area (Å²) in [6.45, 7) is 3.60. The van der Waals surface area contributed by atoms with Crippen LogP contribution >= 0.6 is 0 Å². The van der Waals surface area contributed by atoms with Gasteiger partial charge in [0.1, 0.15) is 0 Å². The molecular weight excluding hydrogens is 220 g/mol. The van der Waals surface area contributed by atoms with Gasteiger partial charge in [-0.1, -0.05) is 31.9 Å². The molecule has 0 saturated carbocycles. The van der Waals surface area contributed by atoms with Gasteiger partial charge in [0, 0.05) is 0 Å². The van der Waals surface area contributed by atoms with Crippen LogP contribution in [0.4, 0.5) is 0 Å². The maximum Gasteiger partial charge on any atom is 0.310 e. The number of carbonyl (C=O) groups is 2. The largest absolute Gasteiger partial charge is 0.481 e. The van der Waals surface area contributed by atoms with Crippen LogP contribution in [0.15, 0.2) is 12.2 Å². The lowest BCUT2D eigenvalue weighted by Crippen LogP contribution is -2.29. The van der Waals surface area contributed by atoms with Gasteiger partial charge in [0.2, 0.25) is 0 Å². The Balaban J connectivity index is 4.18. The summed E-state index contributed by atoms with van der Waals surface area (Å²) in [5, 5.41) is 17.7. The van der Waals surface area contributed by atoms with Crippen LogP contribution in [-0.4, -0.2) is 22.2 Å². The van der Waals surface area contributed by atoms with Gasteiger partial charge < -0.3 is 10.2 Å². The van der Waals surface area contributed by atoms with Crippen LogP contribution in [-0.2, 0) is 9.59 Å². The second kappa shape index (κ2) is 7.87. The molecule has 4 nitrogen and oxygen atoms in total. The predicted octanol–water partition coefficient (Wildman–Crippen LogP) is 3.08. The summed E-state index contributed by atoms with van der Waals surface area (Å²) in [6, 6.07) is 0. The van der Waals surface area contributed by atoms with E-state index >= 15 is 0 Å². The molecule has 0 aliphatic carbocycles. The Kier molecular flexibility index (Phi) is 7.26. The fourth-order valence-corrected chi connectivity index (χ4v) is 1.54. The Labute approximate surface area is 102 Å². The summed E-state index contributed by atoms with van der Waals surface area (Å²) >= 11 is 0. The summed E-state index contributed by atoms with van der Waals surface area (Å²) in [5.74, 6) is -2.13. The van der Waals surface area contributed by atoms with Crippen molar-refractivity contribution >= 4 is 11.9 Å². The van der Waals surface area contributed by atoms with E-state index in [-0.39, 0.29) is 12.8 Å². The molecule has 1 atom stereocenters. The Morgan fingerprint density at radius 3 is 2.29 bits per heavy atom. The molecule has 0 heterocycles. The molecule has 0 aromatic rings. The van der Waals surface area contributed by atoms with E-state index < -0.39 is 17.4 Å². The molecule has 17 heavy (non-hydrogen) atoms. The van der Waals surface area contributed by atoms with Gasteiger partial charge in [0.25, 0.3) is 0 Å². The van der Waals surface area contributed by atoms with Crippen molar-refractivity contribution < 1.29 is 19.8 Å².